The Hall–Kier alpha value is -7.68. The molecule has 0 saturated carbocycles. The summed E-state index contributed by atoms with van der Waals surface area (Å²) in [4.78, 5) is 0. The van der Waals surface area contributed by atoms with Gasteiger partial charge in [0.2, 0.25) is 0 Å². The van der Waals surface area contributed by atoms with Crippen LogP contribution in [0.5, 0.6) is 0 Å². The normalized spacial score (nSPS) is 12.1. The summed E-state index contributed by atoms with van der Waals surface area (Å²) in [5.74, 6) is 0. The molecule has 0 N–H and O–H groups in total. The van der Waals surface area contributed by atoms with Crippen LogP contribution in [0.15, 0.2) is 203 Å². The minimum Gasteiger partial charge on any atom is -0.455 e. The van der Waals surface area contributed by atoms with E-state index < -0.39 is 0 Å². The largest absolute Gasteiger partial charge is 0.455 e. The smallest absolute Gasteiger partial charge is 0.147 e. The number of fused-ring (bicyclic) bond motifs is 15. The quantitative estimate of drug-likeness (QED) is 0.133. The van der Waals surface area contributed by atoms with Crippen LogP contribution < -0.4 is 0 Å². The predicted octanol–water partition coefficient (Wildman–Crippen LogP) is 16.3. The average Bonchev–Trinajstić information content (AvgIpc) is 3.87. The van der Waals surface area contributed by atoms with Gasteiger partial charge in [-0.1, -0.05) is 164 Å². The second-order valence-corrected chi connectivity index (χ2v) is 15.5. The Kier molecular flexibility index (Phi) is 6.47. The van der Waals surface area contributed by atoms with E-state index in [9.17, 15) is 0 Å². The molecule has 13 rings (SSSR count). The van der Waals surface area contributed by atoms with Crippen LogP contribution in [0, 0.1) is 0 Å². The van der Waals surface area contributed by atoms with E-state index in [1.54, 1.807) is 0 Å². The van der Waals surface area contributed by atoms with Crippen LogP contribution in [0.4, 0.5) is 0 Å². The van der Waals surface area contributed by atoms with Gasteiger partial charge in [-0.25, -0.2) is 0 Å². The maximum absolute atomic E-state index is 6.84. The lowest BCUT2D eigenvalue weighted by atomic mass is 9.84. The van der Waals surface area contributed by atoms with Crippen molar-refractivity contribution in [3.63, 3.8) is 0 Å². The highest BCUT2D eigenvalue weighted by atomic mass is 16.3. The molecular formula is C56H32O2. The zero-order chi connectivity index (χ0) is 37.9. The van der Waals surface area contributed by atoms with Crippen molar-refractivity contribution in [2.75, 3.05) is 0 Å². The molecule has 0 bridgehead atoms. The summed E-state index contributed by atoms with van der Waals surface area (Å²) in [5, 5.41) is 16.7. The number of hydrogen-bond acceptors (Lipinski definition) is 2. The molecule has 268 valence electrons. The Labute approximate surface area is 332 Å². The van der Waals surface area contributed by atoms with Gasteiger partial charge in [0.05, 0.1) is 5.39 Å². The first-order valence-corrected chi connectivity index (χ1v) is 19.9. The Morgan fingerprint density at radius 2 is 0.690 bits per heavy atom. The van der Waals surface area contributed by atoms with Crippen molar-refractivity contribution in [2.45, 2.75) is 0 Å². The fourth-order valence-electron chi connectivity index (χ4n) is 9.92. The summed E-state index contributed by atoms with van der Waals surface area (Å²) >= 11 is 0. The van der Waals surface area contributed by atoms with E-state index in [1.165, 1.54) is 76.1 Å². The molecule has 0 unspecified atom stereocenters. The first-order chi connectivity index (χ1) is 28.8. The average molecular weight is 737 g/mol. The van der Waals surface area contributed by atoms with Gasteiger partial charge < -0.3 is 8.83 Å². The van der Waals surface area contributed by atoms with Crippen LogP contribution in [0.2, 0.25) is 0 Å². The molecule has 0 radical (unpaired) electrons. The molecule has 0 atom stereocenters. The number of hydrogen-bond donors (Lipinski definition) is 0. The maximum atomic E-state index is 6.84. The van der Waals surface area contributed by atoms with Crippen molar-refractivity contribution in [2.24, 2.45) is 0 Å². The number of furan rings is 2. The van der Waals surface area contributed by atoms with Gasteiger partial charge in [-0.3, -0.25) is 0 Å². The topological polar surface area (TPSA) is 26.3 Å². The Morgan fingerprint density at radius 1 is 0.241 bits per heavy atom. The van der Waals surface area contributed by atoms with Gasteiger partial charge in [0.1, 0.15) is 22.3 Å². The van der Waals surface area contributed by atoms with Crippen molar-refractivity contribution >= 4 is 97.7 Å². The highest BCUT2D eigenvalue weighted by Crippen LogP contribution is 2.50. The monoisotopic (exact) mass is 736 g/mol. The molecule has 0 aliphatic heterocycles. The lowest BCUT2D eigenvalue weighted by Gasteiger charge is -2.18. The molecule has 13 aromatic rings. The van der Waals surface area contributed by atoms with Crippen LogP contribution in [0.3, 0.4) is 0 Å². The molecular weight excluding hydrogens is 705 g/mol. The van der Waals surface area contributed by atoms with Gasteiger partial charge in [-0.05, 0) is 106 Å². The third-order valence-electron chi connectivity index (χ3n) is 12.4. The molecule has 0 saturated heterocycles. The van der Waals surface area contributed by atoms with E-state index in [0.717, 1.165) is 55.0 Å². The third kappa shape index (κ3) is 4.37. The maximum Gasteiger partial charge on any atom is 0.147 e. The Morgan fingerprint density at radius 3 is 1.33 bits per heavy atom. The molecule has 0 amide bonds. The van der Waals surface area contributed by atoms with Crippen molar-refractivity contribution in [3.05, 3.63) is 194 Å². The highest BCUT2D eigenvalue weighted by Gasteiger charge is 2.24. The Bertz CT molecular complexity index is 3770. The van der Waals surface area contributed by atoms with Crippen LogP contribution >= 0.6 is 0 Å². The van der Waals surface area contributed by atoms with Gasteiger partial charge in [-0.2, -0.15) is 0 Å². The van der Waals surface area contributed by atoms with E-state index >= 15 is 0 Å². The molecule has 2 heteroatoms. The zero-order valence-corrected chi connectivity index (χ0v) is 31.3. The molecule has 0 spiro atoms. The van der Waals surface area contributed by atoms with Gasteiger partial charge in [0, 0.05) is 27.3 Å². The standard InChI is InChI=1S/C56H32O2/c1-2-18-38-36(16-1)37-17-3-4-19-39(37)47-31-34(28-29-40(38)47)33-14-13-15-35(30-33)52-42-21-5-7-23-44(42)53(45-24-8-6-22-43(45)52)49-32-48-41-20-9-11-26-50(41)57-55(48)54-46-25-10-12-27-51(46)58-56(49)54/h1-32H. The van der Waals surface area contributed by atoms with Crippen molar-refractivity contribution in [1.82, 2.24) is 0 Å². The summed E-state index contributed by atoms with van der Waals surface area (Å²) in [7, 11) is 0. The van der Waals surface area contributed by atoms with Crippen LogP contribution in [-0.2, 0) is 0 Å². The van der Waals surface area contributed by atoms with Crippen molar-refractivity contribution < 1.29 is 8.83 Å². The summed E-state index contributed by atoms with van der Waals surface area (Å²) in [5.41, 5.74) is 10.5. The van der Waals surface area contributed by atoms with E-state index in [-0.39, 0.29) is 0 Å². The zero-order valence-electron chi connectivity index (χ0n) is 31.3. The number of benzene rings is 11. The summed E-state index contributed by atoms with van der Waals surface area (Å²) in [6.45, 7) is 0. The second-order valence-electron chi connectivity index (χ2n) is 15.5. The molecule has 2 heterocycles. The van der Waals surface area contributed by atoms with E-state index in [2.05, 4.69) is 182 Å². The molecule has 2 aromatic heterocycles. The fourth-order valence-corrected chi connectivity index (χ4v) is 9.92. The number of para-hydroxylation sites is 2. The molecule has 0 aliphatic carbocycles. The first-order valence-electron chi connectivity index (χ1n) is 19.9. The van der Waals surface area contributed by atoms with E-state index in [4.69, 9.17) is 8.83 Å². The predicted molar refractivity (Wildman–Crippen MR) is 245 cm³/mol. The summed E-state index contributed by atoms with van der Waals surface area (Å²) in [6, 6.07) is 70.4. The minimum atomic E-state index is 0.842. The molecule has 0 fully saturated rings. The van der Waals surface area contributed by atoms with Crippen LogP contribution in [0.1, 0.15) is 0 Å². The van der Waals surface area contributed by atoms with Crippen LogP contribution in [0.25, 0.3) is 131 Å². The summed E-state index contributed by atoms with van der Waals surface area (Å²) < 4.78 is 13.5. The van der Waals surface area contributed by atoms with E-state index in [0.29, 0.717) is 0 Å². The molecule has 2 nitrogen and oxygen atoms in total. The molecule has 11 aromatic carbocycles. The van der Waals surface area contributed by atoms with E-state index in [1.807, 2.05) is 12.1 Å². The van der Waals surface area contributed by atoms with Gasteiger partial charge >= 0.3 is 0 Å². The van der Waals surface area contributed by atoms with Crippen molar-refractivity contribution in [1.29, 1.82) is 0 Å². The lowest BCUT2D eigenvalue weighted by Crippen LogP contribution is -1.92. The molecule has 58 heavy (non-hydrogen) atoms. The lowest BCUT2D eigenvalue weighted by molar-refractivity contribution is 0.663. The van der Waals surface area contributed by atoms with Gasteiger partial charge in [0.25, 0.3) is 0 Å². The van der Waals surface area contributed by atoms with Crippen LogP contribution in [-0.4, -0.2) is 0 Å². The van der Waals surface area contributed by atoms with Gasteiger partial charge in [-0.15, -0.1) is 0 Å². The molecule has 0 aliphatic rings. The summed E-state index contributed by atoms with van der Waals surface area (Å²) in [6.07, 6.45) is 0. The second kappa shape index (κ2) is 11.9. The minimum absolute atomic E-state index is 0.842. The SMILES string of the molecule is c1cc(-c2ccc3c4ccccc4c4ccccc4c3c2)cc(-c2c3ccccc3c(-c3cc4c5ccccc5oc4c4c3oc3ccccc34)c3ccccc23)c1. The Balaban J connectivity index is 1.08. The van der Waals surface area contributed by atoms with Crippen molar-refractivity contribution in [3.8, 4) is 33.4 Å². The first kappa shape index (κ1) is 31.5. The third-order valence-corrected chi connectivity index (χ3v) is 12.4. The van der Waals surface area contributed by atoms with Gasteiger partial charge in [0.15, 0.2) is 0 Å². The fraction of sp³-hybridized carbons (Fsp3) is 0. The number of rotatable bonds is 3. The highest BCUT2D eigenvalue weighted by molar-refractivity contribution is 6.30.